The van der Waals surface area contributed by atoms with Crippen molar-refractivity contribution >= 4 is 38.3 Å². The van der Waals surface area contributed by atoms with E-state index in [1.165, 1.54) is 19.2 Å². The molecule has 0 saturated carbocycles. The van der Waals surface area contributed by atoms with E-state index in [-0.39, 0.29) is 18.0 Å². The zero-order chi connectivity index (χ0) is 39.2. The lowest BCUT2D eigenvalue weighted by atomic mass is 9.61. The van der Waals surface area contributed by atoms with Gasteiger partial charge in [0.05, 0.1) is 0 Å². The van der Waals surface area contributed by atoms with Gasteiger partial charge in [-0.2, -0.15) is 9.05 Å². The van der Waals surface area contributed by atoms with E-state index < -0.39 is 32.4 Å². The highest BCUT2D eigenvalue weighted by Gasteiger charge is 2.58. The minimum absolute atomic E-state index is 0.0370. The lowest BCUT2D eigenvalue weighted by molar-refractivity contribution is -0.0609. The van der Waals surface area contributed by atoms with Crippen molar-refractivity contribution in [2.24, 2.45) is 47.3 Å². The second-order valence-corrected chi connectivity index (χ2v) is 18.4. The van der Waals surface area contributed by atoms with Gasteiger partial charge in [-0.25, -0.2) is 19.8 Å². The summed E-state index contributed by atoms with van der Waals surface area (Å²) >= 11 is 0. The fourth-order valence-corrected chi connectivity index (χ4v) is 9.81. The van der Waals surface area contributed by atoms with Gasteiger partial charge in [0.1, 0.15) is 25.1 Å². The second kappa shape index (κ2) is 19.0. The van der Waals surface area contributed by atoms with Crippen LogP contribution in [0.1, 0.15) is 121 Å². The van der Waals surface area contributed by atoms with Crippen molar-refractivity contribution in [3.8, 4) is 0 Å². The Labute approximate surface area is 322 Å². The van der Waals surface area contributed by atoms with E-state index in [0.29, 0.717) is 71.0 Å². The number of nitrogens with two attached hydrogens (primary N) is 1. The summed E-state index contributed by atoms with van der Waals surface area (Å²) in [4.78, 5) is 23.7. The van der Waals surface area contributed by atoms with Crippen molar-refractivity contribution in [3.05, 3.63) is 6.33 Å². The predicted octanol–water partition coefficient (Wildman–Crippen LogP) is 7.80. The molecule has 5 N–H and O–H groups in total. The fourth-order valence-electron chi connectivity index (χ4n) is 8.79. The van der Waals surface area contributed by atoms with E-state index in [0.717, 1.165) is 32.2 Å². The van der Waals surface area contributed by atoms with Crippen molar-refractivity contribution in [1.82, 2.24) is 24.8 Å². The van der Waals surface area contributed by atoms with Gasteiger partial charge in [-0.3, -0.25) is 4.57 Å². The highest BCUT2D eigenvalue weighted by Crippen LogP contribution is 2.59. The van der Waals surface area contributed by atoms with Crippen molar-refractivity contribution < 1.29 is 23.4 Å². The minimum Gasteiger partial charge on any atom is -0.382 e. The van der Waals surface area contributed by atoms with Crippen molar-refractivity contribution in [2.75, 3.05) is 37.9 Å². The Morgan fingerprint density at radius 3 is 2.11 bits per heavy atom. The number of nitrogens with zero attached hydrogens (tertiary/aromatic N) is 4. The van der Waals surface area contributed by atoms with Gasteiger partial charge in [-0.1, -0.05) is 94.9 Å². The van der Waals surface area contributed by atoms with Crippen LogP contribution >= 0.6 is 7.82 Å². The normalized spacial score (nSPS) is 29.1. The molecule has 2 radical (unpaired) electrons. The van der Waals surface area contributed by atoms with Crippen molar-refractivity contribution in [3.63, 3.8) is 0 Å². The van der Waals surface area contributed by atoms with E-state index in [1.807, 2.05) is 4.57 Å². The van der Waals surface area contributed by atoms with Crippen LogP contribution in [0.4, 0.5) is 11.8 Å². The van der Waals surface area contributed by atoms with Gasteiger partial charge in [0.2, 0.25) is 5.95 Å². The first-order valence-electron chi connectivity index (χ1n) is 20.4. The maximum Gasteiger partial charge on any atom is 0.488 e. The number of nitrogens with one attached hydrogen (secondary N) is 2. The lowest BCUT2D eigenvalue weighted by Gasteiger charge is -2.50. The van der Waals surface area contributed by atoms with E-state index in [4.69, 9.17) is 36.8 Å². The number of methoxy groups -OCH3 is 1. The molecule has 13 atom stereocenters. The van der Waals surface area contributed by atoms with Crippen molar-refractivity contribution in [1.29, 1.82) is 0 Å². The molecule has 14 heteroatoms. The molecule has 4 rings (SSSR count). The summed E-state index contributed by atoms with van der Waals surface area (Å²) in [6.45, 7) is 28.7. The SMILES string of the molecule is [B][P+]1(O)OC[C@H]2O[C@@H](n3c(NCCCCCCNC(C)(C(C)C(C)C(C)C(C)CC)C(C)C(C)C(C)C(C)CC)nc4c(N)ncnc43)[C@@H](OC)[C@H]2O1. The lowest BCUT2D eigenvalue weighted by Crippen LogP contribution is -2.57. The largest absolute Gasteiger partial charge is 0.488 e. The zero-order valence-corrected chi connectivity index (χ0v) is 35.7. The third kappa shape index (κ3) is 9.87. The molecule has 4 heterocycles. The van der Waals surface area contributed by atoms with Crippen LogP contribution in [-0.2, 0) is 18.5 Å². The Bertz CT molecular complexity index is 1410. The molecule has 2 aromatic rings. The van der Waals surface area contributed by atoms with Crippen LogP contribution in [0.3, 0.4) is 0 Å². The minimum atomic E-state index is -3.46. The highest BCUT2D eigenvalue weighted by molar-refractivity contribution is 7.85. The Morgan fingerprint density at radius 2 is 1.55 bits per heavy atom. The first kappa shape index (κ1) is 44.1. The van der Waals surface area contributed by atoms with Crippen LogP contribution in [0.5, 0.6) is 0 Å². The molecule has 2 aromatic heterocycles. The average molecular weight is 761 g/mol. The van der Waals surface area contributed by atoms with Crippen LogP contribution < -0.4 is 16.4 Å². The molecular weight excluding hydrogens is 688 g/mol. The quantitative estimate of drug-likeness (QED) is 0.0561. The number of hydrogen-bond donors (Lipinski definition) is 4. The van der Waals surface area contributed by atoms with Gasteiger partial charge >= 0.3 is 15.4 Å². The van der Waals surface area contributed by atoms with Gasteiger partial charge in [-0.05, 0) is 73.7 Å². The molecule has 0 bridgehead atoms. The summed E-state index contributed by atoms with van der Waals surface area (Å²) in [5.41, 5.74) is 7.25. The first-order valence-corrected chi connectivity index (χ1v) is 22.1. The second-order valence-electron chi connectivity index (χ2n) is 16.8. The number of ether oxygens (including phenoxy) is 2. The third-order valence-corrected chi connectivity index (χ3v) is 15.2. The van der Waals surface area contributed by atoms with Gasteiger partial charge in [-0.15, -0.1) is 0 Å². The van der Waals surface area contributed by atoms with Gasteiger partial charge in [0.15, 0.2) is 29.3 Å². The molecule has 300 valence electrons. The zero-order valence-electron chi connectivity index (χ0n) is 34.8. The molecule has 2 saturated heterocycles. The highest BCUT2D eigenvalue weighted by atomic mass is 31.2. The van der Waals surface area contributed by atoms with E-state index in [1.54, 1.807) is 7.11 Å². The Balaban J connectivity index is 1.38. The number of rotatable bonds is 21. The molecule has 0 spiro atoms. The number of aromatic nitrogens is 4. The number of unbranched alkanes of at least 4 members (excludes halogenated alkanes) is 3. The summed E-state index contributed by atoms with van der Waals surface area (Å²) in [5.74, 6) is 5.94. The smallest absolute Gasteiger partial charge is 0.382 e. The molecule has 2 aliphatic rings. The first-order chi connectivity index (χ1) is 25.0. The van der Waals surface area contributed by atoms with E-state index in [9.17, 15) is 4.89 Å². The predicted molar refractivity (Wildman–Crippen MR) is 217 cm³/mol. The van der Waals surface area contributed by atoms with Crippen LogP contribution in [-0.4, -0.2) is 82.6 Å². The van der Waals surface area contributed by atoms with Gasteiger partial charge in [0, 0.05) is 19.2 Å². The summed E-state index contributed by atoms with van der Waals surface area (Å²) in [5, 5.41) is 7.68. The van der Waals surface area contributed by atoms with E-state index in [2.05, 4.69) is 96.8 Å². The Kier molecular flexibility index (Phi) is 15.8. The number of hydrogen-bond acceptors (Lipinski definition) is 11. The standard InChI is InChI=1S/C39H72BN7O5P/c1-13-23(3)25(5)27(7)29(9)39(11,30(10)28(8)26(6)24(4)14-2)45-20-18-16-15-17-19-42-38-46-32-35(41)43-22-44-36(32)47(38)37-34(49-12)33-31(51-37)21-50-53(40,48)52-33/h22-31,33-34,37,45,48H,13-21H2,1-12H3,(H,42,46)(H2,41,43,44)/q+1/t23?,24?,25?,26?,27?,28?,29?,30?,31-,33+,34+,37-,39?,53?/m1/s1. The summed E-state index contributed by atoms with van der Waals surface area (Å²) in [6, 6.07) is 0. The van der Waals surface area contributed by atoms with Gasteiger partial charge in [0.25, 0.3) is 0 Å². The Hall–Kier alpha value is -1.60. The summed E-state index contributed by atoms with van der Waals surface area (Å²) < 4.78 is 25.1. The molecule has 0 amide bonds. The van der Waals surface area contributed by atoms with Crippen LogP contribution in [0.2, 0.25) is 0 Å². The van der Waals surface area contributed by atoms with Crippen LogP contribution in [0, 0.1) is 47.3 Å². The fraction of sp³-hybridized carbons (Fsp3) is 0.872. The number of anilines is 2. The Morgan fingerprint density at radius 1 is 0.962 bits per heavy atom. The molecule has 2 fully saturated rings. The number of nitrogen functional groups attached to an aromatic ring is 1. The summed E-state index contributed by atoms with van der Waals surface area (Å²) in [7, 11) is 3.96. The number of imidazole rings is 1. The van der Waals surface area contributed by atoms with Crippen molar-refractivity contribution in [2.45, 2.75) is 145 Å². The van der Waals surface area contributed by atoms with E-state index >= 15 is 0 Å². The molecule has 0 aliphatic carbocycles. The maximum atomic E-state index is 10.3. The monoisotopic (exact) mass is 761 g/mol. The molecular formula is C39H72BN7O5P+. The third-order valence-electron chi connectivity index (χ3n) is 14.1. The maximum absolute atomic E-state index is 10.3. The average Bonchev–Trinajstić information content (AvgIpc) is 3.70. The number of fused-ring (bicyclic) bond motifs is 2. The molecule has 9 unspecified atom stereocenters. The summed E-state index contributed by atoms with van der Waals surface area (Å²) in [6.07, 6.45) is 5.78. The molecule has 2 aliphatic heterocycles. The van der Waals surface area contributed by atoms with Gasteiger partial charge < -0.3 is 25.8 Å². The molecule has 0 aromatic carbocycles. The molecule has 53 heavy (non-hydrogen) atoms. The van der Waals surface area contributed by atoms with Crippen LogP contribution in [0.25, 0.3) is 11.2 Å². The molecule has 12 nitrogen and oxygen atoms in total. The van der Waals surface area contributed by atoms with Crippen LogP contribution in [0.15, 0.2) is 6.33 Å². The topological polar surface area (TPSA) is 151 Å².